The molecule has 0 bridgehead atoms. The molecule has 1 aliphatic rings. The molecule has 20 heavy (non-hydrogen) atoms. The molecule has 1 atom stereocenters. The quantitative estimate of drug-likeness (QED) is 0.811. The van der Waals surface area contributed by atoms with Crippen LogP contribution in [0.1, 0.15) is 30.8 Å². The fourth-order valence-corrected chi connectivity index (χ4v) is 2.81. The Morgan fingerprint density at radius 1 is 1.50 bits per heavy atom. The summed E-state index contributed by atoms with van der Waals surface area (Å²) < 4.78 is 13.0. The number of ether oxygens (including phenoxy) is 2. The van der Waals surface area contributed by atoms with Crippen LogP contribution in [0.5, 0.6) is 5.75 Å². The zero-order chi connectivity index (χ0) is 14.3. The van der Waals surface area contributed by atoms with Crippen LogP contribution in [0.4, 0.5) is 0 Å². The molecule has 1 aromatic heterocycles. The lowest BCUT2D eigenvalue weighted by Crippen LogP contribution is -2.28. The minimum absolute atomic E-state index is 0.0625. The van der Waals surface area contributed by atoms with Crippen LogP contribution < -0.4 is 4.74 Å². The van der Waals surface area contributed by atoms with Crippen LogP contribution in [-0.2, 0) is 11.3 Å². The molecule has 4 nitrogen and oxygen atoms in total. The van der Waals surface area contributed by atoms with E-state index in [0.717, 1.165) is 23.1 Å². The van der Waals surface area contributed by atoms with Crippen molar-refractivity contribution < 1.29 is 14.3 Å². The molecule has 0 fully saturated rings. The molecule has 0 amide bonds. The highest BCUT2D eigenvalue weighted by Gasteiger charge is 2.27. The SMILES string of the molecule is CCOC(=O)c1cc2c(Cl)ccc3c2n1C[C@H](CC)O3. The van der Waals surface area contributed by atoms with Crippen LogP contribution >= 0.6 is 11.6 Å². The van der Waals surface area contributed by atoms with E-state index in [9.17, 15) is 4.79 Å². The van der Waals surface area contributed by atoms with E-state index in [1.807, 2.05) is 10.6 Å². The average molecular weight is 294 g/mol. The van der Waals surface area contributed by atoms with Crippen LogP contribution in [0.2, 0.25) is 5.02 Å². The number of hydrogen-bond donors (Lipinski definition) is 0. The number of hydrogen-bond acceptors (Lipinski definition) is 3. The number of carbonyl (C=O) groups is 1. The largest absolute Gasteiger partial charge is 0.486 e. The Morgan fingerprint density at radius 3 is 3.00 bits per heavy atom. The molecule has 1 aliphatic heterocycles. The third-order valence-electron chi connectivity index (χ3n) is 3.59. The predicted octanol–water partition coefficient (Wildman–Crippen LogP) is 3.64. The van der Waals surface area contributed by atoms with Gasteiger partial charge in [0.2, 0.25) is 0 Å². The zero-order valence-electron chi connectivity index (χ0n) is 11.5. The molecule has 1 aromatic carbocycles. The molecule has 0 radical (unpaired) electrons. The number of benzene rings is 1. The van der Waals surface area contributed by atoms with E-state index < -0.39 is 0 Å². The van der Waals surface area contributed by atoms with E-state index in [-0.39, 0.29) is 12.1 Å². The van der Waals surface area contributed by atoms with Gasteiger partial charge in [-0.25, -0.2) is 4.79 Å². The van der Waals surface area contributed by atoms with Gasteiger partial charge in [-0.2, -0.15) is 0 Å². The first-order valence-electron chi connectivity index (χ1n) is 6.81. The standard InChI is InChI=1S/C15H16ClNO3/c1-3-9-8-17-12(15(18)19-4-2)7-10-11(16)5-6-13(20-9)14(10)17/h5-7,9H,3-4,8H2,1-2H3/t9-/m0/s1. The molecule has 0 unspecified atom stereocenters. The minimum atomic E-state index is -0.317. The van der Waals surface area contributed by atoms with Crippen molar-refractivity contribution in [1.82, 2.24) is 4.57 Å². The van der Waals surface area contributed by atoms with Gasteiger partial charge in [0.05, 0.1) is 23.7 Å². The van der Waals surface area contributed by atoms with Gasteiger partial charge >= 0.3 is 5.97 Å². The molecular weight excluding hydrogens is 278 g/mol. The molecule has 3 rings (SSSR count). The highest BCUT2D eigenvalue weighted by atomic mass is 35.5. The zero-order valence-corrected chi connectivity index (χ0v) is 12.2. The van der Waals surface area contributed by atoms with Crippen molar-refractivity contribution in [3.8, 4) is 5.75 Å². The van der Waals surface area contributed by atoms with Crippen molar-refractivity contribution in [3.05, 3.63) is 28.9 Å². The van der Waals surface area contributed by atoms with E-state index in [4.69, 9.17) is 21.1 Å². The van der Waals surface area contributed by atoms with Gasteiger partial charge in [-0.3, -0.25) is 0 Å². The summed E-state index contributed by atoms with van der Waals surface area (Å²) in [5.74, 6) is 0.459. The highest BCUT2D eigenvalue weighted by molar-refractivity contribution is 6.36. The lowest BCUT2D eigenvalue weighted by atomic mass is 10.2. The smallest absolute Gasteiger partial charge is 0.354 e. The monoisotopic (exact) mass is 293 g/mol. The number of rotatable bonds is 3. The number of halogens is 1. The first-order valence-corrected chi connectivity index (χ1v) is 7.19. The lowest BCUT2D eigenvalue weighted by Gasteiger charge is -2.26. The molecule has 0 saturated carbocycles. The fourth-order valence-electron chi connectivity index (χ4n) is 2.61. The van der Waals surface area contributed by atoms with E-state index >= 15 is 0 Å². The third kappa shape index (κ3) is 1.95. The maximum Gasteiger partial charge on any atom is 0.354 e. The first kappa shape index (κ1) is 13.3. The van der Waals surface area contributed by atoms with Gasteiger partial charge in [-0.05, 0) is 31.5 Å². The summed E-state index contributed by atoms with van der Waals surface area (Å²) in [6, 6.07) is 5.45. The summed E-state index contributed by atoms with van der Waals surface area (Å²) in [6.07, 6.45) is 0.941. The number of nitrogens with zero attached hydrogens (tertiary/aromatic N) is 1. The van der Waals surface area contributed by atoms with Crippen molar-refractivity contribution >= 4 is 28.5 Å². The summed E-state index contributed by atoms with van der Waals surface area (Å²) in [7, 11) is 0. The van der Waals surface area contributed by atoms with Crippen molar-refractivity contribution in [2.75, 3.05) is 6.61 Å². The second-order valence-corrected chi connectivity index (χ2v) is 5.22. The Morgan fingerprint density at radius 2 is 2.30 bits per heavy atom. The van der Waals surface area contributed by atoms with Gasteiger partial charge in [-0.1, -0.05) is 18.5 Å². The maximum absolute atomic E-state index is 12.1. The second kappa shape index (κ2) is 5.02. The maximum atomic E-state index is 12.1. The number of esters is 1. The second-order valence-electron chi connectivity index (χ2n) is 4.82. The van der Waals surface area contributed by atoms with Crippen LogP contribution in [0.25, 0.3) is 10.9 Å². The molecule has 0 aliphatic carbocycles. The van der Waals surface area contributed by atoms with E-state index in [1.54, 1.807) is 19.1 Å². The van der Waals surface area contributed by atoms with Crippen LogP contribution in [0.15, 0.2) is 18.2 Å². The Labute approximate surface area is 122 Å². The fraction of sp³-hybridized carbons (Fsp3) is 0.400. The van der Waals surface area contributed by atoms with Crippen LogP contribution in [0, 0.1) is 0 Å². The molecule has 0 spiro atoms. The average Bonchev–Trinajstić information content (AvgIpc) is 2.84. The minimum Gasteiger partial charge on any atom is -0.486 e. The van der Waals surface area contributed by atoms with E-state index in [2.05, 4.69) is 6.92 Å². The van der Waals surface area contributed by atoms with Crippen LogP contribution in [0.3, 0.4) is 0 Å². The Bertz CT molecular complexity index is 677. The van der Waals surface area contributed by atoms with Gasteiger partial charge in [0, 0.05) is 5.39 Å². The number of carbonyl (C=O) groups excluding carboxylic acids is 1. The molecule has 2 heterocycles. The van der Waals surface area contributed by atoms with Gasteiger partial charge in [0.1, 0.15) is 17.5 Å². The van der Waals surface area contributed by atoms with Crippen molar-refractivity contribution in [2.45, 2.75) is 32.9 Å². The summed E-state index contributed by atoms with van der Waals surface area (Å²) in [4.78, 5) is 12.1. The molecule has 0 N–H and O–H groups in total. The lowest BCUT2D eigenvalue weighted by molar-refractivity contribution is 0.0509. The Hall–Kier alpha value is -1.68. The van der Waals surface area contributed by atoms with Crippen molar-refractivity contribution in [1.29, 1.82) is 0 Å². The van der Waals surface area contributed by atoms with Gasteiger partial charge < -0.3 is 14.0 Å². The molecule has 106 valence electrons. The highest BCUT2D eigenvalue weighted by Crippen LogP contribution is 2.38. The van der Waals surface area contributed by atoms with Crippen LogP contribution in [-0.4, -0.2) is 23.2 Å². The first-order chi connectivity index (χ1) is 9.65. The Kier molecular flexibility index (Phi) is 3.34. The summed E-state index contributed by atoms with van der Waals surface area (Å²) in [5.41, 5.74) is 1.42. The molecule has 2 aromatic rings. The molecule has 0 saturated heterocycles. The summed E-state index contributed by atoms with van der Waals surface area (Å²) in [5, 5.41) is 1.45. The van der Waals surface area contributed by atoms with Gasteiger partial charge in [0.15, 0.2) is 0 Å². The third-order valence-corrected chi connectivity index (χ3v) is 3.92. The van der Waals surface area contributed by atoms with E-state index in [1.165, 1.54) is 0 Å². The normalized spacial score (nSPS) is 17.1. The summed E-state index contributed by atoms with van der Waals surface area (Å²) >= 11 is 6.23. The summed E-state index contributed by atoms with van der Waals surface area (Å²) in [6.45, 7) is 4.86. The molecular formula is C15H16ClNO3. The van der Waals surface area contributed by atoms with Crippen molar-refractivity contribution in [3.63, 3.8) is 0 Å². The Balaban J connectivity index is 2.21. The topological polar surface area (TPSA) is 40.5 Å². The predicted molar refractivity (Wildman–Crippen MR) is 77.6 cm³/mol. The van der Waals surface area contributed by atoms with E-state index in [0.29, 0.717) is 23.9 Å². The number of aromatic nitrogens is 1. The molecule has 5 heteroatoms. The van der Waals surface area contributed by atoms with Gasteiger partial charge in [-0.15, -0.1) is 0 Å². The van der Waals surface area contributed by atoms with Gasteiger partial charge in [0.25, 0.3) is 0 Å². The van der Waals surface area contributed by atoms with Crippen molar-refractivity contribution in [2.24, 2.45) is 0 Å².